The van der Waals surface area contributed by atoms with Crippen LogP contribution >= 0.6 is 0 Å². The van der Waals surface area contributed by atoms with Crippen molar-refractivity contribution in [2.45, 2.75) is 12.8 Å². The molecule has 0 saturated carbocycles. The molecule has 1 unspecified atom stereocenters. The SMILES string of the molecule is N#Cc1cccc(NC(=O)CN2CCCC(C(N)=O)C2)c1. The van der Waals surface area contributed by atoms with E-state index in [-0.39, 0.29) is 24.3 Å². The Balaban J connectivity index is 1.89. The highest BCUT2D eigenvalue weighted by Gasteiger charge is 2.25. The molecule has 3 N–H and O–H groups in total. The fourth-order valence-electron chi connectivity index (χ4n) is 2.50. The van der Waals surface area contributed by atoms with Crippen LogP contribution in [0.3, 0.4) is 0 Å². The highest BCUT2D eigenvalue weighted by molar-refractivity contribution is 5.92. The summed E-state index contributed by atoms with van der Waals surface area (Å²) in [5.74, 6) is -0.634. The Morgan fingerprint density at radius 3 is 3.00 bits per heavy atom. The van der Waals surface area contributed by atoms with Gasteiger partial charge < -0.3 is 11.1 Å². The van der Waals surface area contributed by atoms with Crippen molar-refractivity contribution in [3.8, 4) is 6.07 Å². The number of likely N-dealkylation sites (tertiary alicyclic amines) is 1. The van der Waals surface area contributed by atoms with E-state index in [1.807, 2.05) is 11.0 Å². The van der Waals surface area contributed by atoms with Crippen molar-refractivity contribution in [3.63, 3.8) is 0 Å². The first-order chi connectivity index (χ1) is 10.1. The first-order valence-electron chi connectivity index (χ1n) is 6.90. The molecule has 1 aliphatic rings. The molecule has 1 fully saturated rings. The molecule has 0 radical (unpaired) electrons. The van der Waals surface area contributed by atoms with Crippen molar-refractivity contribution in [1.82, 2.24) is 4.90 Å². The third kappa shape index (κ3) is 4.29. The molecule has 6 heteroatoms. The Morgan fingerprint density at radius 2 is 2.29 bits per heavy atom. The number of hydrogen-bond acceptors (Lipinski definition) is 4. The number of rotatable bonds is 4. The maximum Gasteiger partial charge on any atom is 0.238 e. The van der Waals surface area contributed by atoms with E-state index in [0.717, 1.165) is 19.4 Å². The second kappa shape index (κ2) is 6.86. The van der Waals surface area contributed by atoms with Gasteiger partial charge in [-0.1, -0.05) is 6.07 Å². The van der Waals surface area contributed by atoms with Crippen LogP contribution in [-0.4, -0.2) is 36.3 Å². The van der Waals surface area contributed by atoms with Gasteiger partial charge in [0.1, 0.15) is 0 Å². The molecule has 1 saturated heterocycles. The quantitative estimate of drug-likeness (QED) is 0.850. The number of anilines is 1. The largest absolute Gasteiger partial charge is 0.369 e. The number of benzene rings is 1. The summed E-state index contributed by atoms with van der Waals surface area (Å²) in [5, 5.41) is 11.6. The number of primary amides is 1. The van der Waals surface area contributed by atoms with Crippen molar-refractivity contribution in [1.29, 1.82) is 5.26 Å². The zero-order chi connectivity index (χ0) is 15.2. The normalized spacial score (nSPS) is 18.7. The molecule has 0 bridgehead atoms. The maximum atomic E-state index is 12.0. The van der Waals surface area contributed by atoms with Gasteiger partial charge in [-0.25, -0.2) is 0 Å². The molecule has 6 nitrogen and oxygen atoms in total. The van der Waals surface area contributed by atoms with Gasteiger partial charge in [-0.05, 0) is 37.6 Å². The van der Waals surface area contributed by atoms with Gasteiger partial charge in [0.25, 0.3) is 0 Å². The molecule has 2 amide bonds. The van der Waals surface area contributed by atoms with Crippen molar-refractivity contribution in [3.05, 3.63) is 29.8 Å². The monoisotopic (exact) mass is 286 g/mol. The Kier molecular flexibility index (Phi) is 4.90. The predicted octanol–water partition coefficient (Wildman–Crippen LogP) is 0.694. The van der Waals surface area contributed by atoms with E-state index in [1.165, 1.54) is 0 Å². The number of amides is 2. The fourth-order valence-corrected chi connectivity index (χ4v) is 2.50. The van der Waals surface area contributed by atoms with Crippen molar-refractivity contribution < 1.29 is 9.59 Å². The molecule has 21 heavy (non-hydrogen) atoms. The predicted molar refractivity (Wildman–Crippen MR) is 78.1 cm³/mol. The summed E-state index contributed by atoms with van der Waals surface area (Å²) < 4.78 is 0. The number of piperidine rings is 1. The summed E-state index contributed by atoms with van der Waals surface area (Å²) in [6.07, 6.45) is 1.66. The van der Waals surface area contributed by atoms with Crippen molar-refractivity contribution >= 4 is 17.5 Å². The van der Waals surface area contributed by atoms with Gasteiger partial charge in [0, 0.05) is 12.2 Å². The average molecular weight is 286 g/mol. The number of nitriles is 1. The Labute approximate surface area is 123 Å². The van der Waals surface area contributed by atoms with Crippen LogP contribution in [0.25, 0.3) is 0 Å². The van der Waals surface area contributed by atoms with Gasteiger partial charge >= 0.3 is 0 Å². The van der Waals surface area contributed by atoms with Gasteiger partial charge in [0.2, 0.25) is 11.8 Å². The lowest BCUT2D eigenvalue weighted by atomic mass is 9.97. The molecule has 1 aromatic carbocycles. The lowest BCUT2D eigenvalue weighted by Crippen LogP contribution is -2.44. The average Bonchev–Trinajstić information content (AvgIpc) is 2.47. The Morgan fingerprint density at radius 1 is 1.48 bits per heavy atom. The van der Waals surface area contributed by atoms with E-state index < -0.39 is 0 Å². The number of nitrogens with two attached hydrogens (primary N) is 1. The van der Waals surface area contributed by atoms with Crippen LogP contribution < -0.4 is 11.1 Å². The highest BCUT2D eigenvalue weighted by atomic mass is 16.2. The highest BCUT2D eigenvalue weighted by Crippen LogP contribution is 2.16. The smallest absolute Gasteiger partial charge is 0.238 e. The zero-order valence-corrected chi connectivity index (χ0v) is 11.7. The van der Waals surface area contributed by atoms with E-state index in [4.69, 9.17) is 11.0 Å². The van der Waals surface area contributed by atoms with E-state index in [9.17, 15) is 9.59 Å². The van der Waals surface area contributed by atoms with Gasteiger partial charge in [-0.15, -0.1) is 0 Å². The van der Waals surface area contributed by atoms with Crippen LogP contribution in [0.5, 0.6) is 0 Å². The first-order valence-corrected chi connectivity index (χ1v) is 6.90. The number of hydrogen-bond donors (Lipinski definition) is 2. The van der Waals surface area contributed by atoms with Crippen LogP contribution in [0.15, 0.2) is 24.3 Å². The molecular formula is C15H18N4O2. The van der Waals surface area contributed by atoms with Gasteiger partial charge in [-0.2, -0.15) is 5.26 Å². The minimum absolute atomic E-state index is 0.157. The maximum absolute atomic E-state index is 12.0. The van der Waals surface area contributed by atoms with Crippen LogP contribution in [0.2, 0.25) is 0 Å². The van der Waals surface area contributed by atoms with Crippen molar-refractivity contribution in [2.75, 3.05) is 25.0 Å². The standard InChI is InChI=1S/C15H18N4O2/c16-8-11-3-1-5-13(7-11)18-14(20)10-19-6-2-4-12(9-19)15(17)21/h1,3,5,7,12H,2,4,6,9-10H2,(H2,17,21)(H,18,20). The third-order valence-corrected chi connectivity index (χ3v) is 3.55. The van der Waals surface area contributed by atoms with Crippen LogP contribution in [0.4, 0.5) is 5.69 Å². The van der Waals surface area contributed by atoms with Gasteiger partial charge in [0.15, 0.2) is 0 Å². The van der Waals surface area contributed by atoms with E-state index in [1.54, 1.807) is 24.3 Å². The summed E-state index contributed by atoms with van der Waals surface area (Å²) in [5.41, 5.74) is 6.42. The molecule has 0 aromatic heterocycles. The van der Waals surface area contributed by atoms with E-state index >= 15 is 0 Å². The number of nitrogens with one attached hydrogen (secondary N) is 1. The molecule has 1 aromatic rings. The fraction of sp³-hybridized carbons (Fsp3) is 0.400. The molecular weight excluding hydrogens is 268 g/mol. The number of nitrogens with zero attached hydrogens (tertiary/aromatic N) is 2. The van der Waals surface area contributed by atoms with E-state index in [2.05, 4.69) is 5.32 Å². The molecule has 1 heterocycles. The Bertz CT molecular complexity index is 579. The first kappa shape index (κ1) is 15.0. The van der Waals surface area contributed by atoms with Crippen LogP contribution in [-0.2, 0) is 9.59 Å². The van der Waals surface area contributed by atoms with Gasteiger partial charge in [-0.3, -0.25) is 14.5 Å². The molecule has 1 atom stereocenters. The van der Waals surface area contributed by atoms with Crippen molar-refractivity contribution in [2.24, 2.45) is 11.7 Å². The summed E-state index contributed by atoms with van der Waals surface area (Å²) in [4.78, 5) is 25.1. The lowest BCUT2D eigenvalue weighted by molar-refractivity contribution is -0.125. The minimum atomic E-state index is -0.304. The number of carbonyl (C=O) groups is 2. The molecule has 0 spiro atoms. The molecule has 1 aliphatic heterocycles. The molecule has 0 aliphatic carbocycles. The summed E-state index contributed by atoms with van der Waals surface area (Å²) in [6.45, 7) is 1.54. The summed E-state index contributed by atoms with van der Waals surface area (Å²) >= 11 is 0. The van der Waals surface area contributed by atoms with Crippen LogP contribution in [0.1, 0.15) is 18.4 Å². The Hall–Kier alpha value is -2.39. The summed E-state index contributed by atoms with van der Waals surface area (Å²) in [7, 11) is 0. The zero-order valence-electron chi connectivity index (χ0n) is 11.7. The lowest BCUT2D eigenvalue weighted by Gasteiger charge is -2.30. The second-order valence-corrected chi connectivity index (χ2v) is 5.22. The van der Waals surface area contributed by atoms with E-state index in [0.29, 0.717) is 17.8 Å². The van der Waals surface area contributed by atoms with Crippen LogP contribution in [0, 0.1) is 17.2 Å². The molecule has 110 valence electrons. The number of carbonyl (C=O) groups excluding carboxylic acids is 2. The van der Waals surface area contributed by atoms with Gasteiger partial charge in [0.05, 0.1) is 24.1 Å². The second-order valence-electron chi connectivity index (χ2n) is 5.22. The molecule has 2 rings (SSSR count). The third-order valence-electron chi connectivity index (χ3n) is 3.55. The summed E-state index contributed by atoms with van der Waals surface area (Å²) in [6, 6.07) is 8.79. The topological polar surface area (TPSA) is 99.2 Å². The minimum Gasteiger partial charge on any atom is -0.369 e.